The molecule has 13 heteroatoms. The second-order valence-electron chi connectivity index (χ2n) is 8.74. The zero-order valence-corrected chi connectivity index (χ0v) is 21.2. The van der Waals surface area contributed by atoms with Crippen molar-refractivity contribution in [2.75, 3.05) is 26.0 Å². The van der Waals surface area contributed by atoms with Gasteiger partial charge in [0.15, 0.2) is 11.1 Å². The number of hydrogen-bond donors (Lipinski definition) is 1. The highest BCUT2D eigenvalue weighted by atomic mass is 32.1. The predicted molar refractivity (Wildman–Crippen MR) is 133 cm³/mol. The summed E-state index contributed by atoms with van der Waals surface area (Å²) in [5.74, 6) is 5.82. The average molecular weight is 541 g/mol. The third kappa shape index (κ3) is 5.55. The predicted octanol–water partition coefficient (Wildman–Crippen LogP) is 3.56. The molecule has 0 radical (unpaired) electrons. The molecule has 2 amide bonds. The van der Waals surface area contributed by atoms with Crippen LogP contribution in [0, 0.1) is 17.8 Å². The fourth-order valence-electron chi connectivity index (χ4n) is 3.78. The van der Waals surface area contributed by atoms with E-state index in [4.69, 9.17) is 9.47 Å². The van der Waals surface area contributed by atoms with Crippen LogP contribution in [0.15, 0.2) is 24.5 Å². The number of anilines is 1. The number of methoxy groups -OCH3 is 1. The van der Waals surface area contributed by atoms with Crippen molar-refractivity contribution in [1.82, 2.24) is 25.1 Å². The van der Waals surface area contributed by atoms with Gasteiger partial charge in [-0.2, -0.15) is 0 Å². The van der Waals surface area contributed by atoms with Crippen molar-refractivity contribution in [2.45, 2.75) is 31.8 Å². The number of aromatic nitrogens is 4. The maximum Gasteiger partial charge on any atom is 0.280 e. The number of carbonyl (C=O) groups excluding carboxylic acids is 2. The van der Waals surface area contributed by atoms with E-state index in [-0.39, 0.29) is 39.4 Å². The van der Waals surface area contributed by atoms with E-state index in [1.165, 1.54) is 19.4 Å². The summed E-state index contributed by atoms with van der Waals surface area (Å²) in [6, 6.07) is 2.56. The maximum atomic E-state index is 13.5. The Bertz CT molecular complexity index is 1450. The first-order chi connectivity index (χ1) is 18.3. The summed E-state index contributed by atoms with van der Waals surface area (Å²) in [7, 11) is 3.03. The van der Waals surface area contributed by atoms with Crippen molar-refractivity contribution < 1.29 is 27.8 Å². The van der Waals surface area contributed by atoms with E-state index in [1.807, 2.05) is 0 Å². The second-order valence-corrected chi connectivity index (χ2v) is 9.72. The number of likely N-dealkylation sites (tertiary alicyclic amines) is 1. The lowest BCUT2D eigenvalue weighted by Gasteiger charge is -2.16. The largest absolute Gasteiger partial charge is 0.494 e. The Labute approximate surface area is 220 Å². The number of alkyl halides is 2. The van der Waals surface area contributed by atoms with E-state index >= 15 is 0 Å². The Hall–Kier alpha value is -4.18. The highest BCUT2D eigenvalue weighted by Gasteiger charge is 2.32. The van der Waals surface area contributed by atoms with Crippen LogP contribution in [-0.2, 0) is 4.79 Å². The number of pyridine rings is 2. The van der Waals surface area contributed by atoms with Crippen molar-refractivity contribution in [1.29, 1.82) is 0 Å². The molecule has 10 nitrogen and oxygen atoms in total. The molecule has 2 aliphatic rings. The highest BCUT2D eigenvalue weighted by molar-refractivity contribution is 7.15. The minimum Gasteiger partial charge on any atom is -0.494 e. The first-order valence-corrected chi connectivity index (χ1v) is 12.5. The molecule has 0 bridgehead atoms. The quantitative estimate of drug-likeness (QED) is 0.452. The van der Waals surface area contributed by atoms with Crippen molar-refractivity contribution in [2.24, 2.45) is 5.92 Å². The third-order valence-electron chi connectivity index (χ3n) is 5.99. The van der Waals surface area contributed by atoms with E-state index in [2.05, 4.69) is 37.3 Å². The Morgan fingerprint density at radius 2 is 2.00 bits per heavy atom. The molecule has 1 aliphatic heterocycles. The Kier molecular flexibility index (Phi) is 7.15. The van der Waals surface area contributed by atoms with Gasteiger partial charge in [0.1, 0.15) is 11.4 Å². The lowest BCUT2D eigenvalue weighted by atomic mass is 10.00. The Morgan fingerprint density at radius 1 is 1.18 bits per heavy atom. The lowest BCUT2D eigenvalue weighted by Crippen LogP contribution is -2.29. The molecule has 5 rings (SSSR count). The smallest absolute Gasteiger partial charge is 0.280 e. The topological polar surface area (TPSA) is 119 Å². The van der Waals surface area contributed by atoms with Crippen molar-refractivity contribution in [3.63, 3.8) is 0 Å². The van der Waals surface area contributed by atoms with Crippen molar-refractivity contribution >= 4 is 28.3 Å². The number of likely N-dealkylation sites (N-methyl/N-ethyl adjacent to an activating group) is 1. The molecule has 1 aliphatic carbocycles. The molecule has 4 heterocycles. The second kappa shape index (κ2) is 10.7. The van der Waals surface area contributed by atoms with E-state index in [0.29, 0.717) is 23.9 Å². The molecule has 1 atom stereocenters. The lowest BCUT2D eigenvalue weighted by molar-refractivity contribution is -0.132. The minimum absolute atomic E-state index is 0.0396. The van der Waals surface area contributed by atoms with Gasteiger partial charge in [0.25, 0.3) is 18.2 Å². The van der Waals surface area contributed by atoms with Crippen molar-refractivity contribution in [3.05, 3.63) is 40.8 Å². The number of hydrogen-bond acceptors (Lipinski definition) is 9. The summed E-state index contributed by atoms with van der Waals surface area (Å²) in [5.41, 5.74) is -0.0798. The molecule has 38 heavy (non-hydrogen) atoms. The summed E-state index contributed by atoms with van der Waals surface area (Å²) >= 11 is 1.12. The van der Waals surface area contributed by atoms with E-state index in [0.717, 1.165) is 36.4 Å². The fraction of sp³-hybridized carbons (Fsp3) is 0.360. The van der Waals surface area contributed by atoms with Gasteiger partial charge >= 0.3 is 0 Å². The molecule has 0 spiro atoms. The van der Waals surface area contributed by atoms with E-state index in [9.17, 15) is 18.4 Å². The first kappa shape index (κ1) is 25.5. The molecule has 3 aromatic rings. The van der Waals surface area contributed by atoms with Gasteiger partial charge in [-0.05, 0) is 24.8 Å². The van der Waals surface area contributed by atoms with Crippen LogP contribution in [0.4, 0.5) is 13.9 Å². The van der Waals surface area contributed by atoms with Gasteiger partial charge in [-0.15, -0.1) is 10.2 Å². The van der Waals surface area contributed by atoms with Crippen LogP contribution in [0.25, 0.3) is 11.1 Å². The summed E-state index contributed by atoms with van der Waals surface area (Å²) in [6.45, 7) is 0.529. The number of nitrogens with zero attached hydrogens (tertiary/aromatic N) is 5. The molecule has 3 aromatic heterocycles. The first-order valence-electron chi connectivity index (χ1n) is 11.7. The molecule has 1 N–H and O–H groups in total. The monoisotopic (exact) mass is 540 g/mol. The number of halogens is 2. The van der Waals surface area contributed by atoms with Gasteiger partial charge in [-0.1, -0.05) is 17.3 Å². The number of carbonyl (C=O) groups is 2. The SMILES string of the molecule is COc1cnc(C(F)F)cc1-c1cc(OC2CCN(C)C2=O)ncc1C(=O)Nc1nnc(C#CC2CC2)s1. The third-order valence-corrected chi connectivity index (χ3v) is 6.75. The van der Waals surface area contributed by atoms with Crippen LogP contribution in [0.3, 0.4) is 0 Å². The van der Waals surface area contributed by atoms with E-state index < -0.39 is 24.1 Å². The molecule has 1 unspecified atom stereocenters. The molecule has 196 valence electrons. The normalized spacial score (nSPS) is 16.8. The molecule has 2 fully saturated rings. The van der Waals surface area contributed by atoms with Gasteiger partial charge in [-0.25, -0.2) is 13.8 Å². The van der Waals surface area contributed by atoms with Crippen LogP contribution in [-0.4, -0.2) is 63.7 Å². The van der Waals surface area contributed by atoms with E-state index in [1.54, 1.807) is 11.9 Å². The maximum absolute atomic E-state index is 13.5. The average Bonchev–Trinajstić information content (AvgIpc) is 3.57. The van der Waals surface area contributed by atoms with Crippen LogP contribution in [0.1, 0.15) is 46.7 Å². The number of rotatable bonds is 7. The van der Waals surface area contributed by atoms with Gasteiger partial charge in [0.2, 0.25) is 11.0 Å². The van der Waals surface area contributed by atoms with Crippen LogP contribution in [0.5, 0.6) is 11.6 Å². The van der Waals surface area contributed by atoms with Crippen LogP contribution < -0.4 is 14.8 Å². The van der Waals surface area contributed by atoms with Gasteiger partial charge in [0.05, 0.1) is 18.9 Å². The highest BCUT2D eigenvalue weighted by Crippen LogP contribution is 2.36. The van der Waals surface area contributed by atoms with Gasteiger partial charge < -0.3 is 14.4 Å². The zero-order valence-electron chi connectivity index (χ0n) is 20.4. The van der Waals surface area contributed by atoms with Crippen molar-refractivity contribution in [3.8, 4) is 34.6 Å². The summed E-state index contributed by atoms with van der Waals surface area (Å²) in [4.78, 5) is 35.1. The molecule has 1 saturated carbocycles. The molecular formula is C25H22F2N6O4S. The number of amides is 2. The Balaban J connectivity index is 1.50. The zero-order chi connectivity index (χ0) is 26.8. The standard InChI is InChI=1S/C25H22F2N6O4S/c1-33-8-7-18(24(33)35)37-20-10-14(15-9-17(22(26)27)28-12-19(15)36-2)16(11-29-20)23(34)30-25-32-31-21(38-25)6-5-13-3-4-13/h9-13,18,22H,3-4,7-8H2,1-2H3,(H,30,32,34). The van der Waals surface area contributed by atoms with Gasteiger partial charge in [-0.3, -0.25) is 19.9 Å². The molecule has 1 saturated heterocycles. The van der Waals surface area contributed by atoms with Gasteiger partial charge in [0, 0.05) is 49.3 Å². The molecular weight excluding hydrogens is 518 g/mol. The fourth-order valence-corrected chi connectivity index (χ4v) is 4.38. The molecule has 0 aromatic carbocycles. The minimum atomic E-state index is -2.85. The summed E-state index contributed by atoms with van der Waals surface area (Å²) < 4.78 is 38.2. The Morgan fingerprint density at radius 3 is 2.68 bits per heavy atom. The van der Waals surface area contributed by atoms with Crippen LogP contribution in [0.2, 0.25) is 0 Å². The van der Waals surface area contributed by atoms with Crippen LogP contribution >= 0.6 is 11.3 Å². The summed E-state index contributed by atoms with van der Waals surface area (Å²) in [5, 5.41) is 11.3. The number of nitrogens with one attached hydrogen (secondary N) is 1. The number of ether oxygens (including phenoxy) is 2. The summed E-state index contributed by atoms with van der Waals surface area (Å²) in [6.07, 6.45) is 1.42.